The molecule has 0 spiro atoms. The number of halogens is 3. The molecule has 2 N–H and O–H groups in total. The van der Waals surface area contributed by atoms with E-state index in [4.69, 9.17) is 11.6 Å². The molecule has 2 amide bonds. The first kappa shape index (κ1) is 22.2. The van der Waals surface area contributed by atoms with Gasteiger partial charge in [0, 0.05) is 49.7 Å². The Labute approximate surface area is 176 Å². The lowest BCUT2D eigenvalue weighted by atomic mass is 9.88. The van der Waals surface area contributed by atoms with E-state index in [-0.39, 0.29) is 43.4 Å². The van der Waals surface area contributed by atoms with Gasteiger partial charge in [0.2, 0.25) is 0 Å². The van der Waals surface area contributed by atoms with Crippen LogP contribution < -0.4 is 5.32 Å². The molecule has 1 aromatic carbocycles. The number of urea groups is 1. The summed E-state index contributed by atoms with van der Waals surface area (Å²) < 4.78 is 26.9. The SMILES string of the molecule is CC[C@@H]1CN(C(=O)Nc2ccc(C)c(Cl)c2)[C@H](CO)[C@@H]1CN1CCC(F)(F)CC1. The molecule has 1 aromatic rings. The zero-order valence-electron chi connectivity index (χ0n) is 17.0. The number of nitrogens with zero attached hydrogens (tertiary/aromatic N) is 2. The zero-order chi connectivity index (χ0) is 21.2. The number of carbonyl (C=O) groups excluding carboxylic acids is 1. The summed E-state index contributed by atoms with van der Waals surface area (Å²) in [6.07, 6.45) is 0.614. The molecule has 2 heterocycles. The van der Waals surface area contributed by atoms with Crippen LogP contribution in [0, 0.1) is 18.8 Å². The number of piperidine rings is 1. The Bertz CT molecular complexity index is 724. The van der Waals surface area contributed by atoms with Crippen molar-refractivity contribution in [2.45, 2.75) is 45.1 Å². The van der Waals surface area contributed by atoms with Crippen LogP contribution in [0.5, 0.6) is 0 Å². The van der Waals surface area contributed by atoms with Gasteiger partial charge in [-0.1, -0.05) is 31.0 Å². The van der Waals surface area contributed by atoms with Crippen molar-refractivity contribution < 1.29 is 18.7 Å². The number of amides is 2. The molecule has 0 radical (unpaired) electrons. The summed E-state index contributed by atoms with van der Waals surface area (Å²) >= 11 is 6.15. The highest BCUT2D eigenvalue weighted by molar-refractivity contribution is 6.31. The molecule has 5 nitrogen and oxygen atoms in total. The van der Waals surface area contributed by atoms with Crippen LogP contribution in [0.2, 0.25) is 5.02 Å². The predicted molar refractivity (Wildman–Crippen MR) is 111 cm³/mol. The van der Waals surface area contributed by atoms with Crippen molar-refractivity contribution in [3.05, 3.63) is 28.8 Å². The molecule has 2 saturated heterocycles. The van der Waals surface area contributed by atoms with Crippen molar-refractivity contribution in [1.29, 1.82) is 0 Å². The molecule has 2 fully saturated rings. The summed E-state index contributed by atoms with van der Waals surface area (Å²) in [5.74, 6) is -2.29. The third-order valence-corrected chi connectivity index (χ3v) is 6.79. The summed E-state index contributed by atoms with van der Waals surface area (Å²) in [7, 11) is 0. The molecule has 29 heavy (non-hydrogen) atoms. The lowest BCUT2D eigenvalue weighted by Crippen LogP contribution is -2.47. The molecule has 3 atom stereocenters. The monoisotopic (exact) mass is 429 g/mol. The first-order chi connectivity index (χ1) is 13.7. The van der Waals surface area contributed by atoms with Crippen molar-refractivity contribution >= 4 is 23.3 Å². The minimum Gasteiger partial charge on any atom is -0.394 e. The second-order valence-electron chi connectivity index (χ2n) is 8.29. The number of nitrogens with one attached hydrogen (secondary N) is 1. The molecule has 8 heteroatoms. The van der Waals surface area contributed by atoms with E-state index in [1.807, 2.05) is 13.0 Å². The lowest BCUT2D eigenvalue weighted by Gasteiger charge is -2.36. The average Bonchev–Trinajstić information content (AvgIpc) is 3.04. The highest BCUT2D eigenvalue weighted by Crippen LogP contribution is 2.35. The second-order valence-corrected chi connectivity index (χ2v) is 8.69. The number of aliphatic hydroxyl groups is 1. The summed E-state index contributed by atoms with van der Waals surface area (Å²) in [6.45, 7) is 5.69. The highest BCUT2D eigenvalue weighted by Gasteiger charge is 2.44. The Morgan fingerprint density at radius 1 is 1.34 bits per heavy atom. The van der Waals surface area contributed by atoms with Crippen molar-refractivity contribution in [3.63, 3.8) is 0 Å². The molecular formula is C21H30ClF2N3O2. The van der Waals surface area contributed by atoms with Crippen LogP contribution in [0.3, 0.4) is 0 Å². The number of aryl methyl sites for hydroxylation is 1. The molecule has 0 bridgehead atoms. The van der Waals surface area contributed by atoms with E-state index in [2.05, 4.69) is 17.1 Å². The number of likely N-dealkylation sites (tertiary alicyclic amines) is 2. The normalized spacial score (nSPS) is 27.2. The van der Waals surface area contributed by atoms with E-state index >= 15 is 0 Å². The summed E-state index contributed by atoms with van der Waals surface area (Å²) in [6, 6.07) is 4.75. The number of carbonyl (C=O) groups is 1. The van der Waals surface area contributed by atoms with Gasteiger partial charge in [-0.15, -0.1) is 0 Å². The molecule has 3 rings (SSSR count). The van der Waals surface area contributed by atoms with Crippen molar-refractivity contribution in [3.8, 4) is 0 Å². The fourth-order valence-electron chi connectivity index (χ4n) is 4.47. The number of alkyl halides is 2. The molecule has 2 aliphatic heterocycles. The van der Waals surface area contributed by atoms with Crippen molar-refractivity contribution in [1.82, 2.24) is 9.80 Å². The first-order valence-electron chi connectivity index (χ1n) is 10.3. The maximum atomic E-state index is 13.5. The molecular weight excluding hydrogens is 400 g/mol. The maximum Gasteiger partial charge on any atom is 0.322 e. The van der Waals surface area contributed by atoms with E-state index < -0.39 is 5.92 Å². The zero-order valence-corrected chi connectivity index (χ0v) is 17.8. The quantitative estimate of drug-likeness (QED) is 0.736. The Balaban J connectivity index is 1.68. The second kappa shape index (κ2) is 9.14. The number of anilines is 1. The fourth-order valence-corrected chi connectivity index (χ4v) is 4.65. The largest absolute Gasteiger partial charge is 0.394 e. The van der Waals surface area contributed by atoms with E-state index in [0.29, 0.717) is 36.9 Å². The van der Waals surface area contributed by atoms with Crippen molar-refractivity contribution in [2.24, 2.45) is 11.8 Å². The fraction of sp³-hybridized carbons (Fsp3) is 0.667. The summed E-state index contributed by atoms with van der Waals surface area (Å²) in [5, 5.41) is 13.5. The van der Waals surface area contributed by atoms with Crippen LogP contribution in [-0.2, 0) is 0 Å². The summed E-state index contributed by atoms with van der Waals surface area (Å²) in [4.78, 5) is 16.6. The van der Waals surface area contributed by atoms with Gasteiger partial charge in [0.25, 0.3) is 5.92 Å². The van der Waals surface area contributed by atoms with Crippen molar-refractivity contribution in [2.75, 3.05) is 38.1 Å². The topological polar surface area (TPSA) is 55.8 Å². The molecule has 0 saturated carbocycles. The third-order valence-electron chi connectivity index (χ3n) is 6.38. The predicted octanol–water partition coefficient (Wildman–Crippen LogP) is 4.23. The van der Waals surface area contributed by atoms with Gasteiger partial charge in [-0.25, -0.2) is 13.6 Å². The Kier molecular flexibility index (Phi) is 7.02. The molecule has 162 valence electrons. The van der Waals surface area contributed by atoms with Gasteiger partial charge in [0.05, 0.1) is 12.6 Å². The Morgan fingerprint density at radius 2 is 2.03 bits per heavy atom. The van der Waals surface area contributed by atoms with E-state index in [9.17, 15) is 18.7 Å². The molecule has 0 unspecified atom stereocenters. The van der Waals surface area contributed by atoms with E-state index in [1.165, 1.54) is 0 Å². The minimum absolute atomic E-state index is 0.0593. The maximum absolute atomic E-state index is 13.5. The molecule has 2 aliphatic rings. The standard InChI is InChI=1S/C21H30ClF2N3O2/c1-3-15-11-27(20(29)25-16-5-4-14(2)18(22)10-16)19(13-28)17(15)12-26-8-6-21(23,24)7-9-26/h4-5,10,15,17,19,28H,3,6-9,11-13H2,1-2H3,(H,25,29)/t15-,17-,19-/m1/s1. The number of hydrogen-bond donors (Lipinski definition) is 2. The smallest absolute Gasteiger partial charge is 0.322 e. The van der Waals surface area contributed by atoms with Gasteiger partial charge in [-0.2, -0.15) is 0 Å². The van der Waals surface area contributed by atoms with Crippen LogP contribution in [0.15, 0.2) is 18.2 Å². The third kappa shape index (κ3) is 5.19. The number of hydrogen-bond acceptors (Lipinski definition) is 3. The minimum atomic E-state index is -2.58. The number of rotatable bonds is 5. The van der Waals surface area contributed by atoms with E-state index in [1.54, 1.807) is 17.0 Å². The Hall–Kier alpha value is -1.44. The van der Waals surface area contributed by atoms with Gasteiger partial charge in [0.1, 0.15) is 0 Å². The van der Waals surface area contributed by atoms with Crippen LogP contribution in [0.4, 0.5) is 19.3 Å². The van der Waals surface area contributed by atoms with Gasteiger partial charge in [-0.05, 0) is 36.5 Å². The first-order valence-corrected chi connectivity index (χ1v) is 10.7. The number of aliphatic hydroxyl groups excluding tert-OH is 1. The van der Waals surface area contributed by atoms with Crippen LogP contribution >= 0.6 is 11.6 Å². The van der Waals surface area contributed by atoms with Gasteiger partial charge >= 0.3 is 6.03 Å². The number of benzene rings is 1. The molecule has 0 aliphatic carbocycles. The van der Waals surface area contributed by atoms with Crippen LogP contribution in [0.25, 0.3) is 0 Å². The average molecular weight is 430 g/mol. The van der Waals surface area contributed by atoms with Gasteiger partial charge in [-0.3, -0.25) is 0 Å². The molecule has 0 aromatic heterocycles. The van der Waals surface area contributed by atoms with Gasteiger partial charge < -0.3 is 20.2 Å². The highest BCUT2D eigenvalue weighted by atomic mass is 35.5. The van der Waals surface area contributed by atoms with Crippen LogP contribution in [-0.4, -0.2) is 65.7 Å². The summed E-state index contributed by atoms with van der Waals surface area (Å²) in [5.41, 5.74) is 1.54. The van der Waals surface area contributed by atoms with E-state index in [0.717, 1.165) is 12.0 Å². The Morgan fingerprint density at radius 3 is 2.62 bits per heavy atom. The van der Waals surface area contributed by atoms with Crippen LogP contribution in [0.1, 0.15) is 31.7 Å². The lowest BCUT2D eigenvalue weighted by molar-refractivity contribution is -0.0591. The van der Waals surface area contributed by atoms with Gasteiger partial charge in [0.15, 0.2) is 0 Å².